The molecular formula is C15H19FN2O3. The molecule has 1 aromatic rings. The molecule has 1 rings (SSSR count). The van der Waals surface area contributed by atoms with Crippen molar-refractivity contribution in [1.29, 1.82) is 0 Å². The molecule has 1 atom stereocenters. The minimum absolute atomic E-state index is 0.0979. The molecule has 0 aromatic heterocycles. The summed E-state index contributed by atoms with van der Waals surface area (Å²) in [5, 5.41) is 0. The van der Waals surface area contributed by atoms with Crippen LogP contribution in [0.3, 0.4) is 0 Å². The van der Waals surface area contributed by atoms with Gasteiger partial charge in [-0.15, -0.1) is 0 Å². The first-order chi connectivity index (χ1) is 10.1. The van der Waals surface area contributed by atoms with Gasteiger partial charge in [0.15, 0.2) is 0 Å². The zero-order chi connectivity index (χ0) is 15.8. The predicted molar refractivity (Wildman–Crippen MR) is 75.8 cm³/mol. The third kappa shape index (κ3) is 4.19. The Hall–Kier alpha value is -2.08. The van der Waals surface area contributed by atoms with E-state index in [1.165, 1.54) is 4.90 Å². The maximum Gasteiger partial charge on any atom is 0.210 e. The molecule has 5 nitrogen and oxygen atoms in total. The quantitative estimate of drug-likeness (QED) is 0.692. The third-order valence-corrected chi connectivity index (χ3v) is 3.45. The minimum atomic E-state index is -0.690. The highest BCUT2D eigenvalue weighted by Crippen LogP contribution is 2.19. The first kappa shape index (κ1) is 17.0. The van der Waals surface area contributed by atoms with Gasteiger partial charge < -0.3 is 20.2 Å². The summed E-state index contributed by atoms with van der Waals surface area (Å²) in [5.41, 5.74) is 6.85. The number of hydrogen-bond acceptors (Lipinski definition) is 4. The Bertz CT molecular complexity index is 520. The monoisotopic (exact) mass is 294 g/mol. The number of nitrogens with zero attached hydrogens (tertiary/aromatic N) is 1. The zero-order valence-corrected chi connectivity index (χ0v) is 11.9. The summed E-state index contributed by atoms with van der Waals surface area (Å²) in [5.74, 6) is -0.392. The van der Waals surface area contributed by atoms with Crippen molar-refractivity contribution in [1.82, 2.24) is 4.90 Å². The third-order valence-electron chi connectivity index (χ3n) is 3.45. The molecule has 6 heteroatoms. The average Bonchev–Trinajstić information content (AvgIpc) is 2.50. The Morgan fingerprint density at radius 2 is 1.95 bits per heavy atom. The molecule has 0 bridgehead atoms. The van der Waals surface area contributed by atoms with E-state index in [2.05, 4.69) is 0 Å². The molecule has 0 aliphatic carbocycles. The largest absolute Gasteiger partial charge is 0.331 e. The lowest BCUT2D eigenvalue weighted by molar-refractivity contribution is -0.126. The van der Waals surface area contributed by atoms with Crippen molar-refractivity contribution in [3.05, 3.63) is 34.6 Å². The van der Waals surface area contributed by atoms with Crippen molar-refractivity contribution >= 4 is 19.0 Å². The van der Waals surface area contributed by atoms with Crippen LogP contribution in [0.1, 0.15) is 29.5 Å². The number of carbonyl (C=O) groups is 3. The molecule has 114 valence electrons. The van der Waals surface area contributed by atoms with Gasteiger partial charge in [0.05, 0.1) is 6.04 Å². The number of benzene rings is 1. The van der Waals surface area contributed by atoms with Crippen LogP contribution in [-0.2, 0) is 27.5 Å². The van der Waals surface area contributed by atoms with Gasteiger partial charge in [0.1, 0.15) is 18.4 Å². The highest BCUT2D eigenvalue weighted by molar-refractivity contribution is 5.65. The maximum absolute atomic E-state index is 14.0. The smallest absolute Gasteiger partial charge is 0.210 e. The topological polar surface area (TPSA) is 80.5 Å². The number of nitrogens with two attached hydrogens (primary N) is 1. The Labute approximate surface area is 122 Å². The van der Waals surface area contributed by atoms with Crippen molar-refractivity contribution in [2.24, 2.45) is 5.73 Å². The SMILES string of the molecule is Cc1c(CN(C=O)C(C=O)CCC=O)ccc(CN)c1F. The van der Waals surface area contributed by atoms with Crippen LogP contribution in [0.2, 0.25) is 0 Å². The normalized spacial score (nSPS) is 11.8. The van der Waals surface area contributed by atoms with Crippen molar-refractivity contribution in [2.45, 2.75) is 38.9 Å². The molecule has 0 radical (unpaired) electrons. The fourth-order valence-corrected chi connectivity index (χ4v) is 2.09. The second-order valence-corrected chi connectivity index (χ2v) is 4.75. The van der Waals surface area contributed by atoms with E-state index >= 15 is 0 Å². The molecule has 2 N–H and O–H groups in total. The molecule has 0 heterocycles. The van der Waals surface area contributed by atoms with Crippen LogP contribution < -0.4 is 5.73 Å². The molecular weight excluding hydrogens is 275 g/mol. The molecule has 0 aliphatic rings. The van der Waals surface area contributed by atoms with Crippen LogP contribution in [0.25, 0.3) is 0 Å². The van der Waals surface area contributed by atoms with E-state index < -0.39 is 11.9 Å². The van der Waals surface area contributed by atoms with E-state index in [0.717, 1.165) is 0 Å². The van der Waals surface area contributed by atoms with Crippen molar-refractivity contribution in [3.8, 4) is 0 Å². The van der Waals surface area contributed by atoms with Crippen molar-refractivity contribution in [2.75, 3.05) is 0 Å². The second kappa shape index (κ2) is 8.26. The Kier molecular flexibility index (Phi) is 6.68. The zero-order valence-electron chi connectivity index (χ0n) is 11.9. The van der Waals surface area contributed by atoms with Crippen molar-refractivity contribution < 1.29 is 18.8 Å². The Morgan fingerprint density at radius 1 is 1.29 bits per heavy atom. The summed E-state index contributed by atoms with van der Waals surface area (Å²) >= 11 is 0. The van der Waals surface area contributed by atoms with Gasteiger partial charge in [-0.05, 0) is 24.5 Å². The lowest BCUT2D eigenvalue weighted by Gasteiger charge is -2.24. The second-order valence-electron chi connectivity index (χ2n) is 4.75. The molecule has 1 amide bonds. The summed E-state index contributed by atoms with van der Waals surface area (Å²) in [4.78, 5) is 33.8. The first-order valence-electron chi connectivity index (χ1n) is 6.65. The molecule has 0 aliphatic heterocycles. The summed E-state index contributed by atoms with van der Waals surface area (Å²) in [6, 6.07) is 2.57. The van der Waals surface area contributed by atoms with Crippen LogP contribution in [0, 0.1) is 12.7 Å². The number of halogens is 1. The van der Waals surface area contributed by atoms with E-state index in [1.807, 2.05) is 0 Å². The Morgan fingerprint density at radius 3 is 2.48 bits per heavy atom. The summed E-state index contributed by atoms with van der Waals surface area (Å²) in [6.45, 7) is 1.81. The number of rotatable bonds is 9. The van der Waals surface area contributed by atoms with E-state index in [0.29, 0.717) is 35.7 Å². The predicted octanol–water partition coefficient (Wildman–Crippen LogP) is 1.10. The number of hydrogen-bond donors (Lipinski definition) is 1. The number of amides is 1. The van der Waals surface area contributed by atoms with Gasteiger partial charge in [-0.25, -0.2) is 4.39 Å². The van der Waals surface area contributed by atoms with Crippen LogP contribution in [0.4, 0.5) is 4.39 Å². The standard InChI is InChI=1S/C15H19FN2O3/c1-11-13(5-4-12(7-17)15(11)16)8-18(10-21)14(9-20)3-2-6-19/h4-6,9-10,14H,2-3,7-8,17H2,1H3. The fourth-order valence-electron chi connectivity index (χ4n) is 2.09. The van der Waals surface area contributed by atoms with E-state index in [-0.39, 0.29) is 25.9 Å². The number of carbonyl (C=O) groups excluding carboxylic acids is 3. The van der Waals surface area contributed by atoms with Gasteiger partial charge in [0.25, 0.3) is 0 Å². The van der Waals surface area contributed by atoms with Gasteiger partial charge in [-0.3, -0.25) is 4.79 Å². The van der Waals surface area contributed by atoms with Crippen LogP contribution in [-0.4, -0.2) is 29.9 Å². The summed E-state index contributed by atoms with van der Waals surface area (Å²) < 4.78 is 14.0. The lowest BCUT2D eigenvalue weighted by atomic mass is 10.0. The molecule has 0 saturated heterocycles. The van der Waals surface area contributed by atoms with Crippen molar-refractivity contribution in [3.63, 3.8) is 0 Å². The lowest BCUT2D eigenvalue weighted by Crippen LogP contribution is -2.35. The average molecular weight is 294 g/mol. The first-order valence-corrected chi connectivity index (χ1v) is 6.65. The van der Waals surface area contributed by atoms with E-state index in [1.54, 1.807) is 19.1 Å². The highest BCUT2D eigenvalue weighted by atomic mass is 19.1. The molecule has 0 saturated carbocycles. The van der Waals surface area contributed by atoms with Crippen LogP contribution in [0.5, 0.6) is 0 Å². The number of aldehydes is 2. The van der Waals surface area contributed by atoms with Gasteiger partial charge >= 0.3 is 0 Å². The van der Waals surface area contributed by atoms with Crippen LogP contribution >= 0.6 is 0 Å². The Balaban J connectivity index is 2.95. The minimum Gasteiger partial charge on any atom is -0.331 e. The van der Waals surface area contributed by atoms with Gasteiger partial charge in [-0.1, -0.05) is 12.1 Å². The fraction of sp³-hybridized carbons (Fsp3) is 0.400. The van der Waals surface area contributed by atoms with Gasteiger partial charge in [0.2, 0.25) is 6.41 Å². The molecule has 0 spiro atoms. The summed E-state index contributed by atoms with van der Waals surface area (Å²) in [7, 11) is 0. The molecule has 21 heavy (non-hydrogen) atoms. The van der Waals surface area contributed by atoms with E-state index in [9.17, 15) is 18.8 Å². The van der Waals surface area contributed by atoms with Gasteiger partial charge in [0, 0.05) is 25.1 Å². The van der Waals surface area contributed by atoms with Gasteiger partial charge in [-0.2, -0.15) is 0 Å². The van der Waals surface area contributed by atoms with Crippen LogP contribution in [0.15, 0.2) is 12.1 Å². The summed E-state index contributed by atoms with van der Waals surface area (Å²) in [6.07, 6.45) is 2.30. The molecule has 0 fully saturated rings. The maximum atomic E-state index is 14.0. The molecule has 1 aromatic carbocycles. The highest BCUT2D eigenvalue weighted by Gasteiger charge is 2.18. The molecule has 1 unspecified atom stereocenters. The van der Waals surface area contributed by atoms with E-state index in [4.69, 9.17) is 5.73 Å².